The first-order valence-corrected chi connectivity index (χ1v) is 6.31. The minimum atomic E-state index is 0.657. The van der Waals surface area contributed by atoms with Gasteiger partial charge in [0.15, 0.2) is 0 Å². The van der Waals surface area contributed by atoms with Crippen molar-refractivity contribution in [2.24, 2.45) is 0 Å². The quantitative estimate of drug-likeness (QED) is 0.548. The molecule has 68 valence electrons. The van der Waals surface area contributed by atoms with E-state index in [9.17, 15) is 0 Å². The zero-order valence-corrected chi connectivity index (χ0v) is 9.30. The highest BCUT2D eigenvalue weighted by Crippen LogP contribution is 2.32. The minimum absolute atomic E-state index is 0.657. The van der Waals surface area contributed by atoms with Gasteiger partial charge in [0.25, 0.3) is 6.61 Å². The standard InChI is InChI=1S/C8H7ClNOS2/c1-2-11-5-3-6(9)8-7(4-5)12-13-10-8/h3-4H,2H2,1H3/q+1. The Bertz CT molecular complexity index is 448. The summed E-state index contributed by atoms with van der Waals surface area (Å²) in [6, 6.07) is 3.78. The monoisotopic (exact) mass is 232 g/mol. The van der Waals surface area contributed by atoms with Gasteiger partial charge in [-0.25, -0.2) is 0 Å². The fourth-order valence-electron chi connectivity index (χ4n) is 1.05. The highest BCUT2D eigenvalue weighted by Gasteiger charge is 2.13. The second kappa shape index (κ2) is 3.74. The molecule has 5 heteroatoms. The van der Waals surface area contributed by atoms with Gasteiger partial charge in [0.2, 0.25) is 0 Å². The van der Waals surface area contributed by atoms with E-state index >= 15 is 0 Å². The zero-order valence-electron chi connectivity index (χ0n) is 6.91. The number of rotatable bonds is 1. The molecule has 0 aromatic heterocycles. The van der Waals surface area contributed by atoms with Crippen LogP contribution in [0.15, 0.2) is 16.6 Å². The molecule has 0 saturated carbocycles. The summed E-state index contributed by atoms with van der Waals surface area (Å²) in [4.78, 5) is 1.08. The van der Waals surface area contributed by atoms with Crippen molar-refractivity contribution >= 4 is 32.5 Å². The van der Waals surface area contributed by atoms with E-state index in [1.807, 2.05) is 13.0 Å². The zero-order chi connectivity index (χ0) is 9.26. The number of aromatic nitrogens is 1. The van der Waals surface area contributed by atoms with Crippen LogP contribution in [0.4, 0.5) is 0 Å². The van der Waals surface area contributed by atoms with Crippen LogP contribution in [0.1, 0.15) is 6.92 Å². The number of halogens is 1. The van der Waals surface area contributed by atoms with Crippen LogP contribution in [-0.4, -0.2) is 11.0 Å². The fourth-order valence-corrected chi connectivity index (χ4v) is 3.21. The van der Waals surface area contributed by atoms with E-state index in [0.717, 1.165) is 16.0 Å². The highest BCUT2D eigenvalue weighted by molar-refractivity contribution is 7.68. The average Bonchev–Trinajstić information content (AvgIpc) is 2.53. The Hall–Kier alpha value is -0.450. The summed E-state index contributed by atoms with van der Waals surface area (Å²) in [6.07, 6.45) is 0. The van der Waals surface area contributed by atoms with Crippen LogP contribution < -0.4 is 5.43 Å². The largest absolute Gasteiger partial charge is 0.346 e. The average molecular weight is 233 g/mol. The van der Waals surface area contributed by atoms with Crippen LogP contribution in [-0.2, 0) is 0 Å². The van der Waals surface area contributed by atoms with Crippen LogP contribution in [0.25, 0.3) is 10.6 Å². The van der Waals surface area contributed by atoms with Gasteiger partial charge in [0.05, 0.1) is 22.0 Å². The van der Waals surface area contributed by atoms with Gasteiger partial charge in [-0.05, 0) is 0 Å². The predicted molar refractivity (Wildman–Crippen MR) is 58.4 cm³/mol. The molecular weight excluding hydrogens is 226 g/mol. The molecule has 2 nitrogen and oxygen atoms in total. The van der Waals surface area contributed by atoms with E-state index in [4.69, 9.17) is 16.0 Å². The maximum atomic E-state index is 6.01. The van der Waals surface area contributed by atoms with Gasteiger partial charge in [-0.1, -0.05) is 21.9 Å². The van der Waals surface area contributed by atoms with Crippen LogP contribution >= 0.6 is 32.5 Å². The van der Waals surface area contributed by atoms with Crippen LogP contribution in [0, 0.1) is 0 Å². The topological polar surface area (TPSA) is 24.2 Å². The number of hydrogen-bond donors (Lipinski definition) is 0. The molecule has 0 saturated heterocycles. The first-order chi connectivity index (χ1) is 6.31. The third-order valence-corrected chi connectivity index (χ3v) is 3.66. The Labute approximate surface area is 88.0 Å². The Morgan fingerprint density at radius 1 is 1.54 bits per heavy atom. The Balaban J connectivity index is 2.71. The third kappa shape index (κ3) is 1.75. The van der Waals surface area contributed by atoms with Gasteiger partial charge in [0, 0.05) is 17.5 Å². The smallest absolute Gasteiger partial charge is 0.255 e. The predicted octanol–water partition coefficient (Wildman–Crippen LogP) is 2.88. The lowest BCUT2D eigenvalue weighted by molar-refractivity contribution is 1.25. The summed E-state index contributed by atoms with van der Waals surface area (Å²) in [5, 5.41) is 0.665. The number of hydrogen-bond acceptors (Lipinski definition) is 3. The molecule has 13 heavy (non-hydrogen) atoms. The van der Waals surface area contributed by atoms with Crippen LogP contribution in [0.3, 0.4) is 0 Å². The van der Waals surface area contributed by atoms with Crippen LogP contribution in [0.2, 0.25) is 5.02 Å². The molecule has 2 rings (SSSR count). The molecule has 1 aliphatic heterocycles. The molecule has 1 aliphatic carbocycles. The molecule has 0 amide bonds. The summed E-state index contributed by atoms with van der Waals surface area (Å²) >= 11 is 6.01. The van der Waals surface area contributed by atoms with Crippen molar-refractivity contribution in [2.75, 3.05) is 6.61 Å². The van der Waals surface area contributed by atoms with E-state index in [0.29, 0.717) is 11.6 Å². The second-order valence-electron chi connectivity index (χ2n) is 2.43. The molecule has 0 fully saturated rings. The molecular formula is C8H7ClNOS2+. The van der Waals surface area contributed by atoms with E-state index < -0.39 is 0 Å². The second-order valence-corrected chi connectivity index (χ2v) is 4.73. The lowest BCUT2D eigenvalue weighted by atomic mass is 10.2. The van der Waals surface area contributed by atoms with Crippen molar-refractivity contribution in [2.45, 2.75) is 6.92 Å². The lowest BCUT2D eigenvalue weighted by Gasteiger charge is -1.92. The summed E-state index contributed by atoms with van der Waals surface area (Å²) in [7, 11) is 3.05. The third-order valence-electron chi connectivity index (χ3n) is 1.57. The summed E-state index contributed by atoms with van der Waals surface area (Å²) in [5.41, 5.74) is 1.69. The van der Waals surface area contributed by atoms with E-state index in [-0.39, 0.29) is 0 Å². The summed E-state index contributed by atoms with van der Waals surface area (Å²) < 4.78 is 9.56. The van der Waals surface area contributed by atoms with Crippen molar-refractivity contribution in [1.82, 2.24) is 4.37 Å². The van der Waals surface area contributed by atoms with E-state index in [1.54, 1.807) is 16.4 Å². The molecule has 0 atom stereocenters. The summed E-state index contributed by atoms with van der Waals surface area (Å²) in [5.74, 6) is 0. The van der Waals surface area contributed by atoms with Crippen molar-refractivity contribution in [3.8, 4) is 10.6 Å². The van der Waals surface area contributed by atoms with Gasteiger partial charge >= 0.3 is 5.43 Å². The number of benzene rings is 1. The van der Waals surface area contributed by atoms with E-state index in [2.05, 4.69) is 4.37 Å². The van der Waals surface area contributed by atoms with Crippen molar-refractivity contribution < 1.29 is 0 Å². The molecule has 0 aromatic rings. The Morgan fingerprint density at radius 2 is 2.38 bits per heavy atom. The van der Waals surface area contributed by atoms with Crippen molar-refractivity contribution in [3.63, 3.8) is 0 Å². The summed E-state index contributed by atoms with van der Waals surface area (Å²) in [6.45, 7) is 2.61. The maximum Gasteiger partial charge on any atom is 0.346 e. The Kier molecular flexibility index (Phi) is 2.62. The minimum Gasteiger partial charge on any atom is -0.255 e. The SMILES string of the molecule is CC[O+]=c1cc2ssnc-2c(Cl)c1. The van der Waals surface area contributed by atoms with Crippen LogP contribution in [0.5, 0.6) is 0 Å². The molecule has 0 bridgehead atoms. The first-order valence-electron chi connectivity index (χ1n) is 3.82. The molecule has 0 unspecified atom stereocenters. The molecule has 1 heterocycles. The van der Waals surface area contributed by atoms with Crippen molar-refractivity contribution in [1.29, 1.82) is 0 Å². The molecule has 0 radical (unpaired) electrons. The van der Waals surface area contributed by atoms with Gasteiger partial charge < -0.3 is 0 Å². The molecule has 2 aliphatic rings. The number of fused-ring (bicyclic) bond motifs is 1. The first kappa shape index (κ1) is 9.12. The van der Waals surface area contributed by atoms with Gasteiger partial charge in [-0.3, -0.25) is 4.42 Å². The lowest BCUT2D eigenvalue weighted by Crippen LogP contribution is -2.02. The molecule has 0 N–H and O–H groups in total. The maximum absolute atomic E-state index is 6.01. The highest BCUT2D eigenvalue weighted by atomic mass is 35.5. The van der Waals surface area contributed by atoms with Gasteiger partial charge in [0.1, 0.15) is 5.69 Å². The molecule has 0 aromatic carbocycles. The normalized spacial score (nSPS) is 12.6. The van der Waals surface area contributed by atoms with E-state index in [1.165, 1.54) is 10.5 Å². The number of nitrogens with zero attached hydrogens (tertiary/aromatic N) is 1. The molecule has 0 spiro atoms. The van der Waals surface area contributed by atoms with Gasteiger partial charge in [-0.2, -0.15) is 4.37 Å². The van der Waals surface area contributed by atoms with Crippen molar-refractivity contribution in [3.05, 3.63) is 27.0 Å². The van der Waals surface area contributed by atoms with Gasteiger partial charge in [-0.15, -0.1) is 0 Å². The fraction of sp³-hybridized carbons (Fsp3) is 0.250. The Morgan fingerprint density at radius 3 is 3.15 bits per heavy atom.